The van der Waals surface area contributed by atoms with Crippen molar-refractivity contribution in [2.45, 2.75) is 32.3 Å². The molecule has 0 spiro atoms. The minimum Gasteiger partial charge on any atom is -0.469 e. The second-order valence-electron chi connectivity index (χ2n) is 4.16. The molecule has 1 aliphatic heterocycles. The van der Waals surface area contributed by atoms with E-state index in [1.807, 2.05) is 6.92 Å². The zero-order valence-corrected chi connectivity index (χ0v) is 9.61. The lowest BCUT2D eigenvalue weighted by atomic mass is 9.97. The van der Waals surface area contributed by atoms with Gasteiger partial charge in [-0.2, -0.15) is 0 Å². The second kappa shape index (κ2) is 6.08. The Labute approximate surface area is 91.2 Å². The Bertz CT molecular complexity index is 200. The van der Waals surface area contributed by atoms with Crippen LogP contribution in [0.1, 0.15) is 26.2 Å². The Kier molecular flexibility index (Phi) is 5.05. The van der Waals surface area contributed by atoms with Crippen LogP contribution < -0.4 is 0 Å². The summed E-state index contributed by atoms with van der Waals surface area (Å²) in [6.45, 7) is 4.48. The molecule has 0 aromatic carbocycles. The largest absolute Gasteiger partial charge is 0.469 e. The van der Waals surface area contributed by atoms with Crippen LogP contribution in [-0.4, -0.2) is 48.8 Å². The molecule has 0 amide bonds. The van der Waals surface area contributed by atoms with Crippen molar-refractivity contribution in [3.05, 3.63) is 0 Å². The Morgan fingerprint density at radius 3 is 2.60 bits per heavy atom. The van der Waals surface area contributed by atoms with Crippen molar-refractivity contribution in [3.8, 4) is 0 Å². The van der Waals surface area contributed by atoms with Crippen molar-refractivity contribution in [1.29, 1.82) is 0 Å². The molecular weight excluding hydrogens is 194 g/mol. The van der Waals surface area contributed by atoms with E-state index in [1.54, 1.807) is 0 Å². The molecule has 1 N–H and O–H groups in total. The summed E-state index contributed by atoms with van der Waals surface area (Å²) in [6, 6.07) is 0. The van der Waals surface area contributed by atoms with Crippen molar-refractivity contribution in [3.63, 3.8) is 0 Å². The number of rotatable bonds is 4. The molecule has 4 nitrogen and oxygen atoms in total. The minimum absolute atomic E-state index is 0.0602. The first-order chi connectivity index (χ1) is 7.17. The summed E-state index contributed by atoms with van der Waals surface area (Å²) in [6.07, 6.45) is 2.25. The van der Waals surface area contributed by atoms with Crippen LogP contribution in [0.4, 0.5) is 0 Å². The van der Waals surface area contributed by atoms with Crippen molar-refractivity contribution in [2.24, 2.45) is 5.92 Å². The van der Waals surface area contributed by atoms with Gasteiger partial charge in [0.1, 0.15) is 0 Å². The molecule has 0 aliphatic carbocycles. The Morgan fingerprint density at radius 1 is 1.53 bits per heavy atom. The number of likely N-dealkylation sites (tertiary alicyclic amines) is 1. The summed E-state index contributed by atoms with van der Waals surface area (Å²) < 4.78 is 4.72. The van der Waals surface area contributed by atoms with Gasteiger partial charge in [0.25, 0.3) is 0 Å². The van der Waals surface area contributed by atoms with Crippen molar-refractivity contribution < 1.29 is 14.6 Å². The number of carbonyl (C=O) groups excluding carboxylic acids is 1. The van der Waals surface area contributed by atoms with Crippen LogP contribution in [0.2, 0.25) is 0 Å². The number of esters is 1. The monoisotopic (exact) mass is 215 g/mol. The highest BCUT2D eigenvalue weighted by Crippen LogP contribution is 2.18. The summed E-state index contributed by atoms with van der Waals surface area (Å²) in [5, 5.41) is 9.50. The van der Waals surface area contributed by atoms with Gasteiger partial charge in [-0.3, -0.25) is 4.79 Å². The van der Waals surface area contributed by atoms with E-state index >= 15 is 0 Å². The van der Waals surface area contributed by atoms with Crippen LogP contribution in [0.3, 0.4) is 0 Å². The van der Waals surface area contributed by atoms with Crippen LogP contribution in [0.5, 0.6) is 0 Å². The van der Waals surface area contributed by atoms with Gasteiger partial charge in [-0.15, -0.1) is 0 Å². The molecule has 15 heavy (non-hydrogen) atoms. The molecule has 1 heterocycles. The molecule has 0 radical (unpaired) electrons. The fourth-order valence-corrected chi connectivity index (χ4v) is 1.95. The highest BCUT2D eigenvalue weighted by Gasteiger charge is 2.25. The summed E-state index contributed by atoms with van der Waals surface area (Å²) in [4.78, 5) is 13.5. The standard InChI is InChI=1S/C11H21NO3/c1-3-10(13)8-12-6-4-9(5-7-12)11(14)15-2/h9-10,13H,3-8H2,1-2H3. The van der Waals surface area contributed by atoms with Crippen molar-refractivity contribution in [1.82, 2.24) is 4.90 Å². The lowest BCUT2D eigenvalue weighted by molar-refractivity contribution is -0.147. The molecule has 1 aliphatic rings. The maximum Gasteiger partial charge on any atom is 0.308 e. The fourth-order valence-electron chi connectivity index (χ4n) is 1.95. The first-order valence-electron chi connectivity index (χ1n) is 5.65. The number of β-amino-alcohol motifs (C(OH)–C–C–N with tert-alkyl or cyclic N) is 1. The van der Waals surface area contributed by atoms with Gasteiger partial charge in [0.2, 0.25) is 0 Å². The fraction of sp³-hybridized carbons (Fsp3) is 0.909. The third kappa shape index (κ3) is 3.80. The van der Waals surface area contributed by atoms with Gasteiger partial charge in [0.05, 0.1) is 19.1 Å². The van der Waals surface area contributed by atoms with Crippen molar-refractivity contribution in [2.75, 3.05) is 26.7 Å². The molecule has 0 aromatic rings. The molecule has 0 bridgehead atoms. The average Bonchev–Trinajstić information content (AvgIpc) is 2.29. The van der Waals surface area contributed by atoms with Crippen molar-refractivity contribution >= 4 is 5.97 Å². The van der Waals surface area contributed by atoms with Gasteiger partial charge >= 0.3 is 5.97 Å². The van der Waals surface area contributed by atoms with E-state index in [-0.39, 0.29) is 18.0 Å². The molecule has 88 valence electrons. The molecule has 4 heteroatoms. The molecule has 1 unspecified atom stereocenters. The van der Waals surface area contributed by atoms with E-state index in [2.05, 4.69) is 4.90 Å². The summed E-state index contributed by atoms with van der Waals surface area (Å²) in [5.74, 6) is -0.0318. The maximum atomic E-state index is 11.3. The Morgan fingerprint density at radius 2 is 2.13 bits per heavy atom. The van der Waals surface area contributed by atoms with Crippen LogP contribution in [0, 0.1) is 5.92 Å². The molecule has 1 rings (SSSR count). The van der Waals surface area contributed by atoms with Crippen LogP contribution >= 0.6 is 0 Å². The van der Waals surface area contributed by atoms with Gasteiger partial charge < -0.3 is 14.7 Å². The number of hydrogen-bond donors (Lipinski definition) is 1. The summed E-state index contributed by atoms with van der Waals surface area (Å²) >= 11 is 0. The van der Waals surface area contributed by atoms with Gasteiger partial charge in [0, 0.05) is 6.54 Å². The van der Waals surface area contributed by atoms with E-state index in [9.17, 15) is 9.90 Å². The van der Waals surface area contributed by atoms with E-state index in [0.29, 0.717) is 0 Å². The number of methoxy groups -OCH3 is 1. The first kappa shape index (κ1) is 12.5. The van der Waals surface area contributed by atoms with Gasteiger partial charge in [-0.25, -0.2) is 0 Å². The van der Waals surface area contributed by atoms with Crippen LogP contribution in [0.25, 0.3) is 0 Å². The zero-order valence-electron chi connectivity index (χ0n) is 9.61. The normalized spacial score (nSPS) is 21.3. The highest BCUT2D eigenvalue weighted by molar-refractivity contribution is 5.72. The highest BCUT2D eigenvalue weighted by atomic mass is 16.5. The predicted molar refractivity (Wildman–Crippen MR) is 57.5 cm³/mol. The summed E-state index contributed by atoms with van der Waals surface area (Å²) in [7, 11) is 1.44. The van der Waals surface area contributed by atoms with Crippen LogP contribution in [-0.2, 0) is 9.53 Å². The second-order valence-corrected chi connectivity index (χ2v) is 4.16. The lowest BCUT2D eigenvalue weighted by Gasteiger charge is -2.31. The quantitative estimate of drug-likeness (QED) is 0.699. The molecule has 0 aromatic heterocycles. The smallest absolute Gasteiger partial charge is 0.308 e. The van der Waals surface area contributed by atoms with E-state index in [1.165, 1.54) is 7.11 Å². The Hall–Kier alpha value is -0.610. The number of carbonyl (C=O) groups is 1. The minimum atomic E-state index is -0.236. The van der Waals surface area contributed by atoms with Gasteiger partial charge in [-0.05, 0) is 32.4 Å². The maximum absolute atomic E-state index is 11.3. The molecule has 0 saturated carbocycles. The number of nitrogens with zero attached hydrogens (tertiary/aromatic N) is 1. The predicted octanol–water partition coefficient (Wildman–Crippen LogP) is 0.642. The third-order valence-electron chi connectivity index (χ3n) is 3.06. The number of hydrogen-bond acceptors (Lipinski definition) is 4. The van der Waals surface area contributed by atoms with E-state index in [4.69, 9.17) is 4.74 Å². The summed E-state index contributed by atoms with van der Waals surface area (Å²) in [5.41, 5.74) is 0. The number of aliphatic hydroxyl groups excluding tert-OH is 1. The lowest BCUT2D eigenvalue weighted by Crippen LogP contribution is -2.40. The number of aliphatic hydroxyl groups is 1. The van der Waals surface area contributed by atoms with Gasteiger partial charge in [-0.1, -0.05) is 6.92 Å². The molecule has 1 saturated heterocycles. The first-order valence-corrected chi connectivity index (χ1v) is 5.65. The zero-order chi connectivity index (χ0) is 11.3. The SMILES string of the molecule is CCC(O)CN1CCC(C(=O)OC)CC1. The molecular formula is C11H21NO3. The Balaban J connectivity index is 2.26. The van der Waals surface area contributed by atoms with Crippen LogP contribution in [0.15, 0.2) is 0 Å². The average molecular weight is 215 g/mol. The van der Waals surface area contributed by atoms with E-state index in [0.717, 1.165) is 38.9 Å². The van der Waals surface area contributed by atoms with E-state index < -0.39 is 0 Å². The molecule has 1 atom stereocenters. The topological polar surface area (TPSA) is 49.8 Å². The number of ether oxygens (including phenoxy) is 1. The third-order valence-corrected chi connectivity index (χ3v) is 3.06. The molecule has 1 fully saturated rings. The number of piperidine rings is 1. The van der Waals surface area contributed by atoms with Gasteiger partial charge in [0.15, 0.2) is 0 Å².